The predicted octanol–water partition coefficient (Wildman–Crippen LogP) is 2.16. The van der Waals surface area contributed by atoms with Crippen LogP contribution in [0.2, 0.25) is 0 Å². The molecule has 0 unspecified atom stereocenters. The van der Waals surface area contributed by atoms with Gasteiger partial charge in [-0.15, -0.1) is 10.2 Å². The maximum atomic E-state index is 13.8. The number of piperidine rings is 1. The predicted molar refractivity (Wildman–Crippen MR) is 95.5 cm³/mol. The summed E-state index contributed by atoms with van der Waals surface area (Å²) < 4.78 is 16.0. The summed E-state index contributed by atoms with van der Waals surface area (Å²) in [5.41, 5.74) is 1.62. The maximum Gasteiger partial charge on any atom is 0.253 e. The quantitative estimate of drug-likeness (QED) is 0.895. The van der Waals surface area contributed by atoms with E-state index in [1.54, 1.807) is 26.0 Å². The van der Waals surface area contributed by atoms with E-state index in [2.05, 4.69) is 20.1 Å². The molecule has 0 spiro atoms. The molecular weight excluding hydrogens is 333 g/mol. The first kappa shape index (κ1) is 17.1. The highest BCUT2D eigenvalue weighted by molar-refractivity contribution is 5.94. The second kappa shape index (κ2) is 6.79. The molecule has 1 amide bonds. The lowest BCUT2D eigenvalue weighted by molar-refractivity contribution is 0.0710. The van der Waals surface area contributed by atoms with E-state index in [1.807, 2.05) is 4.90 Å². The normalized spacial score (nSPS) is 18.0. The highest BCUT2D eigenvalue weighted by Crippen LogP contribution is 2.29. The van der Waals surface area contributed by atoms with Crippen molar-refractivity contribution >= 4 is 5.91 Å². The third-order valence-corrected chi connectivity index (χ3v) is 5.48. The number of nitrogens with one attached hydrogen (secondary N) is 1. The molecule has 26 heavy (non-hydrogen) atoms. The van der Waals surface area contributed by atoms with Crippen LogP contribution in [0, 0.1) is 19.7 Å². The molecule has 4 rings (SSSR count). The molecule has 0 bridgehead atoms. The van der Waals surface area contributed by atoms with Crippen molar-refractivity contribution in [2.45, 2.75) is 45.7 Å². The van der Waals surface area contributed by atoms with Crippen LogP contribution < -0.4 is 5.32 Å². The van der Waals surface area contributed by atoms with E-state index < -0.39 is 0 Å². The Morgan fingerprint density at radius 3 is 2.54 bits per heavy atom. The molecular formula is C19H24FN5O. The van der Waals surface area contributed by atoms with E-state index in [0.717, 1.165) is 44.1 Å². The van der Waals surface area contributed by atoms with Gasteiger partial charge >= 0.3 is 0 Å². The minimum Gasteiger partial charge on any atom is -0.339 e. The number of amides is 1. The summed E-state index contributed by atoms with van der Waals surface area (Å²) in [4.78, 5) is 14.7. The number of aromatic nitrogens is 3. The average molecular weight is 357 g/mol. The summed E-state index contributed by atoms with van der Waals surface area (Å²) in [6.45, 7) is 7.42. The summed E-state index contributed by atoms with van der Waals surface area (Å²) in [6.07, 6.45) is 1.77. The van der Waals surface area contributed by atoms with Crippen LogP contribution in [-0.2, 0) is 13.1 Å². The van der Waals surface area contributed by atoms with Gasteiger partial charge < -0.3 is 14.8 Å². The number of aryl methyl sites for hydroxylation is 2. The van der Waals surface area contributed by atoms with E-state index in [9.17, 15) is 9.18 Å². The number of rotatable bonds is 2. The van der Waals surface area contributed by atoms with Crippen molar-refractivity contribution in [1.29, 1.82) is 0 Å². The van der Waals surface area contributed by atoms with Gasteiger partial charge in [0.05, 0.1) is 6.54 Å². The Hall–Kier alpha value is -2.28. The monoisotopic (exact) mass is 357 g/mol. The van der Waals surface area contributed by atoms with Gasteiger partial charge in [-0.3, -0.25) is 4.79 Å². The van der Waals surface area contributed by atoms with E-state index in [0.29, 0.717) is 35.7 Å². The Kier molecular flexibility index (Phi) is 4.48. The number of halogens is 1. The van der Waals surface area contributed by atoms with Crippen LogP contribution in [0.1, 0.15) is 51.9 Å². The van der Waals surface area contributed by atoms with Crippen LogP contribution in [0.3, 0.4) is 0 Å². The molecule has 1 fully saturated rings. The first-order valence-electron chi connectivity index (χ1n) is 9.23. The van der Waals surface area contributed by atoms with Gasteiger partial charge in [0, 0.05) is 37.7 Å². The Morgan fingerprint density at radius 2 is 1.85 bits per heavy atom. The minimum absolute atomic E-state index is 0.0119. The number of nitrogens with zero attached hydrogens (tertiary/aromatic N) is 4. The molecule has 0 radical (unpaired) electrons. The van der Waals surface area contributed by atoms with Crippen molar-refractivity contribution < 1.29 is 9.18 Å². The molecule has 1 N–H and O–H groups in total. The number of likely N-dealkylation sites (tertiary alicyclic amines) is 1. The third kappa shape index (κ3) is 3.00. The summed E-state index contributed by atoms with van der Waals surface area (Å²) in [7, 11) is 0. The molecule has 0 atom stereocenters. The van der Waals surface area contributed by atoms with Crippen LogP contribution in [0.15, 0.2) is 12.1 Å². The van der Waals surface area contributed by atoms with Gasteiger partial charge in [0.2, 0.25) is 0 Å². The van der Waals surface area contributed by atoms with Gasteiger partial charge in [-0.2, -0.15) is 0 Å². The van der Waals surface area contributed by atoms with Crippen LogP contribution in [0.25, 0.3) is 0 Å². The lowest BCUT2D eigenvalue weighted by Gasteiger charge is -2.32. The zero-order valence-electron chi connectivity index (χ0n) is 15.3. The number of hydrogen-bond donors (Lipinski definition) is 1. The topological polar surface area (TPSA) is 63.1 Å². The first-order valence-corrected chi connectivity index (χ1v) is 9.23. The molecule has 6 nitrogen and oxygen atoms in total. The largest absolute Gasteiger partial charge is 0.339 e. The highest BCUT2D eigenvalue weighted by Gasteiger charge is 2.29. The summed E-state index contributed by atoms with van der Waals surface area (Å²) >= 11 is 0. The van der Waals surface area contributed by atoms with E-state index in [1.165, 1.54) is 0 Å². The number of carbonyl (C=O) groups is 1. The second-order valence-corrected chi connectivity index (χ2v) is 7.29. The van der Waals surface area contributed by atoms with Crippen molar-refractivity contribution in [1.82, 2.24) is 25.0 Å². The van der Waals surface area contributed by atoms with E-state index in [4.69, 9.17) is 0 Å². The fourth-order valence-corrected chi connectivity index (χ4v) is 4.01. The minimum atomic E-state index is -0.230. The molecule has 2 aliphatic heterocycles. The number of fused-ring (bicyclic) bond motifs is 1. The number of benzene rings is 1. The molecule has 138 valence electrons. The summed E-state index contributed by atoms with van der Waals surface area (Å²) in [5.74, 6) is 2.16. The van der Waals surface area contributed by atoms with Crippen molar-refractivity contribution in [3.63, 3.8) is 0 Å². The van der Waals surface area contributed by atoms with Crippen LogP contribution >= 0.6 is 0 Å². The fourth-order valence-electron chi connectivity index (χ4n) is 4.01. The molecule has 2 aliphatic rings. The van der Waals surface area contributed by atoms with Crippen molar-refractivity contribution in [3.05, 3.63) is 46.3 Å². The third-order valence-electron chi connectivity index (χ3n) is 5.48. The Balaban J connectivity index is 1.45. The maximum absolute atomic E-state index is 13.8. The summed E-state index contributed by atoms with van der Waals surface area (Å²) in [5, 5.41) is 12.0. The van der Waals surface area contributed by atoms with Crippen LogP contribution in [0.5, 0.6) is 0 Å². The van der Waals surface area contributed by atoms with Gasteiger partial charge in [0.1, 0.15) is 17.5 Å². The van der Waals surface area contributed by atoms with Gasteiger partial charge in [-0.25, -0.2) is 4.39 Å². The smallest absolute Gasteiger partial charge is 0.253 e. The molecule has 0 saturated carbocycles. The summed E-state index contributed by atoms with van der Waals surface area (Å²) in [6, 6.07) is 3.30. The number of carbonyl (C=O) groups excluding carboxylic acids is 1. The lowest BCUT2D eigenvalue weighted by atomic mass is 9.95. The molecule has 0 aliphatic carbocycles. The molecule has 7 heteroatoms. The molecule has 2 aromatic rings. The zero-order chi connectivity index (χ0) is 18.3. The van der Waals surface area contributed by atoms with Gasteiger partial charge in [-0.1, -0.05) is 0 Å². The first-order chi connectivity index (χ1) is 12.5. The van der Waals surface area contributed by atoms with E-state index >= 15 is 0 Å². The fraction of sp³-hybridized carbons (Fsp3) is 0.526. The second-order valence-electron chi connectivity index (χ2n) is 7.29. The van der Waals surface area contributed by atoms with Crippen LogP contribution in [-0.4, -0.2) is 45.2 Å². The Labute approximate surface area is 152 Å². The lowest BCUT2D eigenvalue weighted by Crippen LogP contribution is -2.39. The molecule has 3 heterocycles. The van der Waals surface area contributed by atoms with Crippen molar-refractivity contribution in [2.75, 3.05) is 19.6 Å². The highest BCUT2D eigenvalue weighted by atomic mass is 19.1. The number of hydrogen-bond acceptors (Lipinski definition) is 4. The van der Waals surface area contributed by atoms with Crippen molar-refractivity contribution in [2.24, 2.45) is 0 Å². The standard InChI is InChI=1S/C19H24FN5O/c1-12-9-15(10-13(2)17(12)20)19(26)24-6-3-14(4-7-24)18-23-22-16-11-21-5-8-25(16)18/h9-10,14,21H,3-8,11H2,1-2H3. The SMILES string of the molecule is Cc1cc(C(=O)N2CCC(c3nnc4n3CCNC4)CC2)cc(C)c1F. The van der Waals surface area contributed by atoms with Crippen molar-refractivity contribution in [3.8, 4) is 0 Å². The molecule has 1 saturated heterocycles. The van der Waals surface area contributed by atoms with Gasteiger partial charge in [0.25, 0.3) is 5.91 Å². The van der Waals surface area contributed by atoms with E-state index in [-0.39, 0.29) is 11.7 Å². The Bertz CT molecular complexity index is 815. The zero-order valence-corrected chi connectivity index (χ0v) is 15.3. The van der Waals surface area contributed by atoms with Gasteiger partial charge in [0.15, 0.2) is 0 Å². The average Bonchev–Trinajstić information content (AvgIpc) is 3.09. The van der Waals surface area contributed by atoms with Gasteiger partial charge in [-0.05, 0) is 49.9 Å². The Morgan fingerprint density at radius 1 is 1.15 bits per heavy atom. The molecule has 1 aromatic carbocycles. The van der Waals surface area contributed by atoms with Crippen LogP contribution in [0.4, 0.5) is 4.39 Å². The molecule has 1 aromatic heterocycles.